The first-order chi connectivity index (χ1) is 6.99. The first-order valence-corrected chi connectivity index (χ1v) is 4.94. The number of halogens is 3. The highest BCUT2D eigenvalue weighted by molar-refractivity contribution is 6.74. The van der Waals surface area contributed by atoms with Crippen molar-refractivity contribution < 1.29 is 17.7 Å². The normalized spacial score (nSPS) is 11.5. The van der Waals surface area contributed by atoms with Gasteiger partial charge in [-0.3, -0.25) is 0 Å². The molecule has 15 heavy (non-hydrogen) atoms. The number of hydrogen-bond donors (Lipinski definition) is 0. The molecule has 0 fully saturated rings. The number of hydrogen-bond acceptors (Lipinski definition) is 1. The maximum absolute atomic E-state index is 12.6. The van der Waals surface area contributed by atoms with Crippen LogP contribution in [0.5, 0.6) is 5.75 Å². The van der Waals surface area contributed by atoms with Crippen molar-refractivity contribution in [2.75, 3.05) is 6.61 Å². The standard InChI is InChI=1S/C10H13BF3O/c1-3-8-7-9(15-4-2)5-6-10(8)11(12,13)14/h5-7H,3-4H2,1-2H3/q-1. The Morgan fingerprint density at radius 1 is 1.20 bits per heavy atom. The lowest BCUT2D eigenvalue weighted by molar-refractivity contribution is 0.340. The molecule has 0 saturated carbocycles. The zero-order valence-corrected chi connectivity index (χ0v) is 8.77. The molecule has 0 spiro atoms. The summed E-state index contributed by atoms with van der Waals surface area (Å²) in [4.78, 5) is 0. The monoisotopic (exact) mass is 217 g/mol. The van der Waals surface area contributed by atoms with Crippen LogP contribution in [0.15, 0.2) is 18.2 Å². The van der Waals surface area contributed by atoms with Crippen molar-refractivity contribution in [2.45, 2.75) is 20.3 Å². The molecule has 1 nitrogen and oxygen atoms in total. The van der Waals surface area contributed by atoms with Crippen LogP contribution in [0, 0.1) is 0 Å². The molecule has 0 aliphatic rings. The third-order valence-electron chi connectivity index (χ3n) is 2.16. The van der Waals surface area contributed by atoms with Gasteiger partial charge < -0.3 is 17.7 Å². The summed E-state index contributed by atoms with van der Waals surface area (Å²) in [5.41, 5.74) is -0.214. The van der Waals surface area contributed by atoms with Crippen molar-refractivity contribution >= 4 is 12.4 Å². The van der Waals surface area contributed by atoms with E-state index in [0.717, 1.165) is 6.07 Å². The first-order valence-electron chi connectivity index (χ1n) is 4.94. The van der Waals surface area contributed by atoms with Gasteiger partial charge in [-0.05, 0) is 25.5 Å². The van der Waals surface area contributed by atoms with Crippen molar-refractivity contribution in [3.63, 3.8) is 0 Å². The minimum absolute atomic E-state index is 0.299. The largest absolute Gasteiger partial charge is 0.509 e. The molecular formula is C10H13BF3O-. The Hall–Kier alpha value is -1.13. The van der Waals surface area contributed by atoms with E-state index in [1.807, 2.05) is 0 Å². The smallest absolute Gasteiger partial charge is 0.494 e. The quantitative estimate of drug-likeness (QED) is 0.704. The van der Waals surface area contributed by atoms with E-state index in [9.17, 15) is 12.9 Å². The molecule has 5 heteroatoms. The van der Waals surface area contributed by atoms with E-state index < -0.39 is 12.4 Å². The van der Waals surface area contributed by atoms with Gasteiger partial charge in [0, 0.05) is 0 Å². The van der Waals surface area contributed by atoms with Gasteiger partial charge in [-0.15, -0.1) is 5.46 Å². The summed E-state index contributed by atoms with van der Waals surface area (Å²) in [6, 6.07) is 3.94. The van der Waals surface area contributed by atoms with E-state index in [0.29, 0.717) is 24.3 Å². The van der Waals surface area contributed by atoms with Crippen LogP contribution in [0.4, 0.5) is 12.9 Å². The molecule has 0 atom stereocenters. The van der Waals surface area contributed by atoms with Crippen molar-refractivity contribution in [3.05, 3.63) is 23.8 Å². The van der Waals surface area contributed by atoms with Gasteiger partial charge in [0.15, 0.2) is 0 Å². The van der Waals surface area contributed by atoms with Crippen LogP contribution in [-0.4, -0.2) is 13.6 Å². The number of rotatable bonds is 4. The van der Waals surface area contributed by atoms with E-state index >= 15 is 0 Å². The van der Waals surface area contributed by atoms with Crippen LogP contribution < -0.4 is 10.2 Å². The van der Waals surface area contributed by atoms with Crippen LogP contribution >= 0.6 is 0 Å². The van der Waals surface area contributed by atoms with Crippen molar-refractivity contribution in [2.24, 2.45) is 0 Å². The molecule has 0 unspecified atom stereocenters. The topological polar surface area (TPSA) is 9.23 Å². The fourth-order valence-corrected chi connectivity index (χ4v) is 1.46. The lowest BCUT2D eigenvalue weighted by Crippen LogP contribution is -2.36. The predicted molar refractivity (Wildman–Crippen MR) is 55.7 cm³/mol. The molecule has 84 valence electrons. The number of ether oxygens (including phenoxy) is 1. The van der Waals surface area contributed by atoms with Crippen molar-refractivity contribution in [3.8, 4) is 5.75 Å². The second kappa shape index (κ2) is 4.60. The Bertz CT molecular complexity index is 336. The molecule has 0 N–H and O–H groups in total. The molecule has 0 aliphatic carbocycles. The zero-order chi connectivity index (χ0) is 11.5. The molecule has 0 bridgehead atoms. The second-order valence-electron chi connectivity index (χ2n) is 3.22. The lowest BCUT2D eigenvalue weighted by Gasteiger charge is -2.19. The third-order valence-corrected chi connectivity index (χ3v) is 2.16. The van der Waals surface area contributed by atoms with Gasteiger partial charge in [0.2, 0.25) is 0 Å². The van der Waals surface area contributed by atoms with E-state index in [-0.39, 0.29) is 0 Å². The van der Waals surface area contributed by atoms with Gasteiger partial charge in [0.25, 0.3) is 0 Å². The van der Waals surface area contributed by atoms with Gasteiger partial charge in [-0.1, -0.05) is 18.6 Å². The van der Waals surface area contributed by atoms with Crippen LogP contribution in [0.25, 0.3) is 0 Å². The molecule has 1 rings (SSSR count). The average Bonchev–Trinajstić information content (AvgIpc) is 2.16. The van der Waals surface area contributed by atoms with E-state index in [2.05, 4.69) is 0 Å². The molecule has 0 aromatic heterocycles. The maximum atomic E-state index is 12.6. The molecule has 0 aliphatic heterocycles. The van der Waals surface area contributed by atoms with E-state index in [4.69, 9.17) is 4.74 Å². The van der Waals surface area contributed by atoms with Gasteiger partial charge in [0.05, 0.1) is 6.61 Å². The molecule has 0 amide bonds. The van der Waals surface area contributed by atoms with Gasteiger partial charge in [0.1, 0.15) is 5.75 Å². The van der Waals surface area contributed by atoms with Gasteiger partial charge >= 0.3 is 6.98 Å². The Kier molecular flexibility index (Phi) is 3.66. The summed E-state index contributed by atoms with van der Waals surface area (Å²) in [5, 5.41) is 0. The lowest BCUT2D eigenvalue weighted by atomic mass is 9.76. The summed E-state index contributed by atoms with van der Waals surface area (Å²) < 4.78 is 42.9. The third kappa shape index (κ3) is 2.91. The summed E-state index contributed by atoms with van der Waals surface area (Å²) in [7, 11) is 0. The first kappa shape index (κ1) is 11.9. The minimum Gasteiger partial charge on any atom is -0.494 e. The molecule has 0 saturated heterocycles. The highest BCUT2D eigenvalue weighted by Gasteiger charge is 2.27. The van der Waals surface area contributed by atoms with E-state index in [1.54, 1.807) is 13.8 Å². The average molecular weight is 217 g/mol. The van der Waals surface area contributed by atoms with Crippen molar-refractivity contribution in [1.82, 2.24) is 0 Å². The van der Waals surface area contributed by atoms with Crippen LogP contribution in [0.2, 0.25) is 0 Å². The highest BCUT2D eigenvalue weighted by Crippen LogP contribution is 2.18. The Labute approximate surface area is 87.3 Å². The zero-order valence-electron chi connectivity index (χ0n) is 8.77. The highest BCUT2D eigenvalue weighted by atomic mass is 19.4. The molecular weight excluding hydrogens is 204 g/mol. The van der Waals surface area contributed by atoms with E-state index in [1.165, 1.54) is 12.1 Å². The Morgan fingerprint density at radius 2 is 1.87 bits per heavy atom. The predicted octanol–water partition coefficient (Wildman–Crippen LogP) is 2.70. The Morgan fingerprint density at radius 3 is 2.33 bits per heavy atom. The molecule has 1 aromatic rings. The maximum Gasteiger partial charge on any atom is 0.509 e. The molecule has 0 radical (unpaired) electrons. The summed E-state index contributed by atoms with van der Waals surface area (Å²) in [6.45, 7) is -0.958. The SMILES string of the molecule is CCOc1ccc([B-](F)(F)F)c(CC)c1. The van der Waals surface area contributed by atoms with Crippen molar-refractivity contribution in [1.29, 1.82) is 0 Å². The fourth-order valence-electron chi connectivity index (χ4n) is 1.46. The number of aryl methyl sites for hydroxylation is 1. The summed E-state index contributed by atoms with van der Waals surface area (Å²) >= 11 is 0. The second-order valence-corrected chi connectivity index (χ2v) is 3.22. The van der Waals surface area contributed by atoms with Crippen LogP contribution in [0.3, 0.4) is 0 Å². The molecule has 0 heterocycles. The molecule has 1 aromatic carbocycles. The summed E-state index contributed by atoms with van der Waals surface area (Å²) in [5.74, 6) is 0.498. The Balaban J connectivity index is 3.09. The van der Waals surface area contributed by atoms with Gasteiger partial charge in [-0.25, -0.2) is 0 Å². The number of benzene rings is 1. The summed E-state index contributed by atoms with van der Waals surface area (Å²) in [6.07, 6.45) is 0.359. The van der Waals surface area contributed by atoms with Crippen LogP contribution in [0.1, 0.15) is 19.4 Å². The van der Waals surface area contributed by atoms with Gasteiger partial charge in [-0.2, -0.15) is 0 Å². The minimum atomic E-state index is -4.92. The fraction of sp³-hybridized carbons (Fsp3) is 0.400. The van der Waals surface area contributed by atoms with Crippen LogP contribution in [-0.2, 0) is 6.42 Å².